The molecule has 0 radical (unpaired) electrons. The first kappa shape index (κ1) is 49.6. The molecule has 3 aromatic carbocycles. The van der Waals surface area contributed by atoms with E-state index >= 15 is 0 Å². The number of carbonyl (C=O) groups is 6. The largest absolute Gasteiger partial charge is 0.465 e. The molecule has 3 aliphatic rings. The van der Waals surface area contributed by atoms with E-state index in [4.69, 9.17) is 56.8 Å². The summed E-state index contributed by atoms with van der Waals surface area (Å²) in [6, 6.07) is 26.9. The molecule has 0 N–H and O–H groups in total. The number of rotatable bonds is 20. The normalized spacial score (nSPS) is 26.8. The van der Waals surface area contributed by atoms with E-state index < -0.39 is 122 Å². The van der Waals surface area contributed by atoms with E-state index in [1.54, 1.807) is 0 Å². The fourth-order valence-electron chi connectivity index (χ4n) is 8.15. The Morgan fingerprint density at radius 3 is 1.73 bits per heavy atom. The fourth-order valence-corrected chi connectivity index (χ4v) is 8.15. The Kier molecular flexibility index (Phi) is 17.4. The fraction of sp³-hybridized carbons (Fsp3) is 0.489. The average Bonchev–Trinajstić information content (AvgIpc) is 3.65. The molecule has 0 spiro atoms. The van der Waals surface area contributed by atoms with E-state index in [1.165, 1.54) is 7.11 Å². The van der Waals surface area contributed by atoms with Crippen LogP contribution < -0.4 is 0 Å². The van der Waals surface area contributed by atoms with Crippen molar-refractivity contribution in [3.05, 3.63) is 108 Å². The predicted molar refractivity (Wildman–Crippen MR) is 225 cm³/mol. The van der Waals surface area contributed by atoms with Gasteiger partial charge in [0.05, 0.1) is 40.0 Å². The number of benzene rings is 3. The Hall–Kier alpha value is -5.80. The van der Waals surface area contributed by atoms with Crippen LogP contribution in [0.4, 0.5) is 4.79 Å². The van der Waals surface area contributed by atoms with Gasteiger partial charge in [0, 0.05) is 34.8 Å². The minimum absolute atomic E-state index is 0.0743. The van der Waals surface area contributed by atoms with Crippen LogP contribution in [0, 0.1) is 0 Å². The molecular weight excluding hydrogens is 867 g/mol. The molecule has 3 heterocycles. The predicted octanol–water partition coefficient (Wildman–Crippen LogP) is 3.95. The highest BCUT2D eigenvalue weighted by molar-refractivity contribution is 5.93. The van der Waals surface area contributed by atoms with Gasteiger partial charge in [-0.15, -0.1) is 0 Å². The minimum Gasteiger partial charge on any atom is -0.465 e. The number of ether oxygens (including phenoxy) is 12. The maximum atomic E-state index is 14.2. The highest BCUT2D eigenvalue weighted by atomic mass is 16.8. The van der Waals surface area contributed by atoms with Gasteiger partial charge in [0.1, 0.15) is 49.3 Å². The smallest absolute Gasteiger partial charge is 0.417 e. The van der Waals surface area contributed by atoms with Gasteiger partial charge in [0.25, 0.3) is 5.79 Å². The molecule has 0 bridgehead atoms. The summed E-state index contributed by atoms with van der Waals surface area (Å²) >= 11 is 0. The number of imide groups is 1. The van der Waals surface area contributed by atoms with Crippen molar-refractivity contribution in [1.82, 2.24) is 4.90 Å². The molecule has 3 aromatic rings. The zero-order valence-electron chi connectivity index (χ0n) is 37.5. The zero-order chi connectivity index (χ0) is 47.4. The second-order valence-electron chi connectivity index (χ2n) is 15.7. The third kappa shape index (κ3) is 12.3. The van der Waals surface area contributed by atoms with E-state index in [1.807, 2.05) is 91.0 Å². The summed E-state index contributed by atoms with van der Waals surface area (Å²) in [5.41, 5.74) is 2.54. The van der Waals surface area contributed by atoms with Crippen LogP contribution in [0.15, 0.2) is 91.0 Å². The lowest BCUT2D eigenvalue weighted by Gasteiger charge is -2.48. The van der Waals surface area contributed by atoms with E-state index in [0.29, 0.717) is 0 Å². The Bertz CT molecular complexity index is 2110. The molecule has 1 unspecified atom stereocenters. The first-order valence-electron chi connectivity index (χ1n) is 21.3. The average molecular weight is 922 g/mol. The summed E-state index contributed by atoms with van der Waals surface area (Å²) in [7, 11) is 2.50. The maximum Gasteiger partial charge on any atom is 0.417 e. The van der Waals surface area contributed by atoms with Crippen LogP contribution in [0.3, 0.4) is 0 Å². The molecule has 0 aliphatic carbocycles. The molecule has 2 amide bonds. The van der Waals surface area contributed by atoms with Gasteiger partial charge in [-0.05, 0) is 16.7 Å². The summed E-state index contributed by atoms with van der Waals surface area (Å²) in [6.07, 6.45) is -13.2. The number of fused-ring (bicyclic) bond motifs is 1. The highest BCUT2D eigenvalue weighted by Gasteiger charge is 2.65. The van der Waals surface area contributed by atoms with Crippen LogP contribution in [-0.4, -0.2) is 135 Å². The Balaban J connectivity index is 1.40. The molecule has 19 nitrogen and oxygen atoms in total. The van der Waals surface area contributed by atoms with Crippen molar-refractivity contribution in [3.8, 4) is 0 Å². The van der Waals surface area contributed by atoms with E-state index in [-0.39, 0.29) is 19.8 Å². The van der Waals surface area contributed by atoms with Crippen molar-refractivity contribution in [1.29, 1.82) is 0 Å². The van der Waals surface area contributed by atoms with E-state index in [9.17, 15) is 28.8 Å². The molecule has 66 heavy (non-hydrogen) atoms. The standard InChI is InChI=1S/C47H55NO18/c1-28(49)48-38-35(65-46(48)54)22-47(45(53)56-6,66-41(38)40(63-31(4)52)36(62-30(3)51)26-57-29(2)50)61-27-37-39(58-23-32-16-10-7-11-17-32)42(59-24-33-18-12-8-13-19-33)43(44(55-5)64-37)60-25-34-20-14-9-15-21-34/h7-21,35-44H,22-27H2,1-6H3/t35-,36+,37+,38+,39+,40+,41+,42-,43+,44-,47?/m0/s1. The van der Waals surface area contributed by atoms with Crippen molar-refractivity contribution >= 4 is 35.9 Å². The SMILES string of the molecule is COC(=O)C1(OC[C@H]2O[C@H](OC)[C@H](OCc3ccccc3)[C@@H](OCc3ccccc3)[C@@H]2OCc2ccccc2)C[C@@H]2OC(=O)N(C(C)=O)[C@H]2[C@H]([C@H](OC(C)=O)[C@@H](COC(C)=O)OC(C)=O)O1. The second kappa shape index (κ2) is 23.1. The molecule has 356 valence electrons. The number of esters is 4. The van der Waals surface area contributed by atoms with Gasteiger partial charge in [-0.2, -0.15) is 0 Å². The van der Waals surface area contributed by atoms with Gasteiger partial charge in [-0.3, -0.25) is 19.2 Å². The van der Waals surface area contributed by atoms with Crippen LogP contribution in [0.2, 0.25) is 0 Å². The summed E-state index contributed by atoms with van der Waals surface area (Å²) in [5, 5.41) is 0. The van der Waals surface area contributed by atoms with E-state index in [2.05, 4.69) is 0 Å². The topological polar surface area (TPSA) is 216 Å². The zero-order valence-corrected chi connectivity index (χ0v) is 37.5. The second-order valence-corrected chi connectivity index (χ2v) is 15.7. The molecule has 0 saturated carbocycles. The van der Waals surface area contributed by atoms with Crippen LogP contribution in [0.25, 0.3) is 0 Å². The van der Waals surface area contributed by atoms with Crippen molar-refractivity contribution in [2.75, 3.05) is 27.4 Å². The highest BCUT2D eigenvalue weighted by Crippen LogP contribution is 2.43. The number of methoxy groups -OCH3 is 2. The molecule has 6 rings (SSSR count). The molecule has 3 saturated heterocycles. The lowest BCUT2D eigenvalue weighted by atomic mass is 9.88. The summed E-state index contributed by atoms with van der Waals surface area (Å²) in [5.74, 6) is -7.02. The lowest BCUT2D eigenvalue weighted by Crippen LogP contribution is -2.68. The van der Waals surface area contributed by atoms with Crippen molar-refractivity contribution in [2.45, 2.75) is 121 Å². The third-order valence-electron chi connectivity index (χ3n) is 11.0. The molecule has 3 aliphatic heterocycles. The van der Waals surface area contributed by atoms with Crippen molar-refractivity contribution < 1.29 is 85.6 Å². The number of amides is 2. The van der Waals surface area contributed by atoms with Gasteiger partial charge >= 0.3 is 30.0 Å². The van der Waals surface area contributed by atoms with Crippen LogP contribution >= 0.6 is 0 Å². The van der Waals surface area contributed by atoms with Crippen molar-refractivity contribution in [3.63, 3.8) is 0 Å². The van der Waals surface area contributed by atoms with Gasteiger partial charge in [0.2, 0.25) is 5.91 Å². The Labute approximate surface area is 381 Å². The Morgan fingerprint density at radius 1 is 0.712 bits per heavy atom. The molecule has 11 atom stereocenters. The first-order valence-corrected chi connectivity index (χ1v) is 21.3. The minimum atomic E-state index is -2.51. The monoisotopic (exact) mass is 921 g/mol. The maximum absolute atomic E-state index is 14.2. The number of hydrogen-bond acceptors (Lipinski definition) is 18. The third-order valence-corrected chi connectivity index (χ3v) is 11.0. The van der Waals surface area contributed by atoms with Crippen molar-refractivity contribution in [2.24, 2.45) is 0 Å². The molecular formula is C47H55NO18. The van der Waals surface area contributed by atoms with Crippen LogP contribution in [-0.2, 0) is 101 Å². The Morgan fingerprint density at radius 2 is 1.24 bits per heavy atom. The van der Waals surface area contributed by atoms with Gasteiger partial charge in [0.15, 0.2) is 18.5 Å². The molecule has 19 heteroatoms. The van der Waals surface area contributed by atoms with E-state index in [0.717, 1.165) is 56.4 Å². The lowest BCUT2D eigenvalue weighted by molar-refractivity contribution is -0.347. The molecule has 3 fully saturated rings. The quantitative estimate of drug-likeness (QED) is 0.116. The number of carbonyl (C=O) groups excluding carboxylic acids is 6. The first-order chi connectivity index (χ1) is 31.7. The van der Waals surface area contributed by atoms with Gasteiger partial charge < -0.3 is 56.8 Å². The number of hydrogen-bond donors (Lipinski definition) is 0. The van der Waals surface area contributed by atoms with Gasteiger partial charge in [-0.25, -0.2) is 14.5 Å². The van der Waals surface area contributed by atoms with Crippen LogP contribution in [0.1, 0.15) is 50.8 Å². The number of nitrogens with zero attached hydrogens (tertiary/aromatic N) is 1. The van der Waals surface area contributed by atoms with Crippen LogP contribution in [0.5, 0.6) is 0 Å². The summed E-state index contributed by atoms with van der Waals surface area (Å²) in [6.45, 7) is 3.47. The van der Waals surface area contributed by atoms with Gasteiger partial charge in [-0.1, -0.05) is 91.0 Å². The summed E-state index contributed by atoms with van der Waals surface area (Å²) < 4.78 is 72.7. The summed E-state index contributed by atoms with van der Waals surface area (Å²) in [4.78, 5) is 78.6. The molecule has 0 aromatic heterocycles.